The molecular formula is C12H25Cl2N5. The van der Waals surface area contributed by atoms with Crippen molar-refractivity contribution in [3.05, 3.63) is 12.7 Å². The summed E-state index contributed by atoms with van der Waals surface area (Å²) >= 11 is 0. The molecule has 2 rings (SSSR count). The Hall–Kier alpha value is -0.360. The van der Waals surface area contributed by atoms with E-state index >= 15 is 0 Å². The molecule has 1 aromatic heterocycles. The lowest BCUT2D eigenvalue weighted by Gasteiger charge is -2.31. The highest BCUT2D eigenvalue weighted by molar-refractivity contribution is 5.85. The van der Waals surface area contributed by atoms with E-state index in [-0.39, 0.29) is 24.8 Å². The molecule has 0 aliphatic carbocycles. The van der Waals surface area contributed by atoms with Crippen LogP contribution in [0.5, 0.6) is 0 Å². The maximum Gasteiger partial charge on any atom is 0.137 e. The van der Waals surface area contributed by atoms with Crippen LogP contribution in [0.3, 0.4) is 0 Å². The summed E-state index contributed by atoms with van der Waals surface area (Å²) in [5.41, 5.74) is 0. The lowest BCUT2D eigenvalue weighted by atomic mass is 9.97. The number of halogens is 2. The van der Waals surface area contributed by atoms with Gasteiger partial charge in [-0.2, -0.15) is 5.10 Å². The quantitative estimate of drug-likeness (QED) is 0.864. The average molecular weight is 310 g/mol. The monoisotopic (exact) mass is 309 g/mol. The van der Waals surface area contributed by atoms with Crippen LogP contribution in [-0.2, 0) is 6.54 Å². The molecule has 1 aliphatic heterocycles. The van der Waals surface area contributed by atoms with Gasteiger partial charge in [0.2, 0.25) is 0 Å². The van der Waals surface area contributed by atoms with Gasteiger partial charge >= 0.3 is 0 Å². The molecule has 0 saturated carbocycles. The first-order valence-corrected chi connectivity index (χ1v) is 6.64. The molecule has 1 saturated heterocycles. The lowest BCUT2D eigenvalue weighted by molar-refractivity contribution is 0.175. The van der Waals surface area contributed by atoms with Gasteiger partial charge in [-0.25, -0.2) is 4.98 Å². The van der Waals surface area contributed by atoms with Crippen molar-refractivity contribution in [3.63, 3.8) is 0 Å². The number of hydrogen-bond acceptors (Lipinski definition) is 4. The molecule has 7 heteroatoms. The molecule has 0 aromatic carbocycles. The maximum absolute atomic E-state index is 4.12. The van der Waals surface area contributed by atoms with Crippen LogP contribution in [0, 0.1) is 5.92 Å². The molecule has 112 valence electrons. The SMILES string of the molecule is CCNCC1CCN(CCn2cncn2)CC1.Cl.Cl. The van der Waals surface area contributed by atoms with Gasteiger partial charge in [0.05, 0.1) is 6.54 Å². The van der Waals surface area contributed by atoms with Crippen molar-refractivity contribution in [1.82, 2.24) is 25.0 Å². The minimum absolute atomic E-state index is 0. The summed E-state index contributed by atoms with van der Waals surface area (Å²) in [5.74, 6) is 0.873. The van der Waals surface area contributed by atoms with E-state index in [1.54, 1.807) is 12.7 Å². The number of likely N-dealkylation sites (tertiary alicyclic amines) is 1. The van der Waals surface area contributed by atoms with Gasteiger partial charge < -0.3 is 10.2 Å². The number of nitrogens with one attached hydrogen (secondary N) is 1. The standard InChI is InChI=1S/C12H23N5.2ClH/c1-2-13-9-12-3-5-16(6-4-12)7-8-17-11-14-10-15-17;;/h10-13H,2-9H2,1H3;2*1H. The highest BCUT2D eigenvalue weighted by Gasteiger charge is 2.18. The molecule has 1 aromatic rings. The van der Waals surface area contributed by atoms with Crippen LogP contribution in [0.4, 0.5) is 0 Å². The predicted molar refractivity (Wildman–Crippen MR) is 82.2 cm³/mol. The molecule has 0 radical (unpaired) electrons. The molecule has 0 atom stereocenters. The Labute approximate surface area is 128 Å². The third-order valence-electron chi connectivity index (χ3n) is 3.50. The van der Waals surface area contributed by atoms with Crippen molar-refractivity contribution < 1.29 is 0 Å². The smallest absolute Gasteiger partial charge is 0.137 e. The van der Waals surface area contributed by atoms with Gasteiger partial charge in [0, 0.05) is 6.54 Å². The van der Waals surface area contributed by atoms with Crippen molar-refractivity contribution in [2.45, 2.75) is 26.3 Å². The van der Waals surface area contributed by atoms with E-state index in [2.05, 4.69) is 27.2 Å². The van der Waals surface area contributed by atoms with Gasteiger partial charge in [-0.3, -0.25) is 4.68 Å². The van der Waals surface area contributed by atoms with Crippen molar-refractivity contribution in [2.75, 3.05) is 32.7 Å². The van der Waals surface area contributed by atoms with Crippen molar-refractivity contribution in [2.24, 2.45) is 5.92 Å². The number of piperidine rings is 1. The van der Waals surface area contributed by atoms with Gasteiger partial charge in [0.15, 0.2) is 0 Å². The topological polar surface area (TPSA) is 46.0 Å². The first kappa shape index (κ1) is 18.6. The van der Waals surface area contributed by atoms with Crippen molar-refractivity contribution in [1.29, 1.82) is 0 Å². The number of aromatic nitrogens is 3. The Bertz CT molecular complexity index is 299. The van der Waals surface area contributed by atoms with Gasteiger partial charge in [0.1, 0.15) is 12.7 Å². The summed E-state index contributed by atoms with van der Waals surface area (Å²) in [6, 6.07) is 0. The summed E-state index contributed by atoms with van der Waals surface area (Å²) in [4.78, 5) is 6.49. The largest absolute Gasteiger partial charge is 0.317 e. The molecule has 2 heterocycles. The van der Waals surface area contributed by atoms with E-state index < -0.39 is 0 Å². The first-order valence-electron chi connectivity index (χ1n) is 6.64. The van der Waals surface area contributed by atoms with Crippen LogP contribution in [0.2, 0.25) is 0 Å². The van der Waals surface area contributed by atoms with Crippen molar-refractivity contribution in [3.8, 4) is 0 Å². The summed E-state index contributed by atoms with van der Waals surface area (Å²) in [5, 5.41) is 7.57. The Kier molecular flexibility index (Phi) is 10.2. The molecule has 0 spiro atoms. The van der Waals surface area contributed by atoms with Gasteiger partial charge in [-0.05, 0) is 44.9 Å². The molecule has 1 fully saturated rings. The van der Waals surface area contributed by atoms with Gasteiger partial charge in [-0.15, -0.1) is 24.8 Å². The van der Waals surface area contributed by atoms with E-state index in [1.165, 1.54) is 32.5 Å². The zero-order valence-electron chi connectivity index (χ0n) is 11.5. The van der Waals surface area contributed by atoms with Crippen LogP contribution in [-0.4, -0.2) is 52.4 Å². The molecule has 19 heavy (non-hydrogen) atoms. The fourth-order valence-corrected chi connectivity index (χ4v) is 2.35. The predicted octanol–water partition coefficient (Wildman–Crippen LogP) is 1.44. The van der Waals surface area contributed by atoms with Gasteiger partial charge in [-0.1, -0.05) is 6.92 Å². The van der Waals surface area contributed by atoms with E-state index in [1.807, 2.05) is 4.68 Å². The number of hydrogen-bond donors (Lipinski definition) is 1. The molecular weight excluding hydrogens is 285 g/mol. The fourth-order valence-electron chi connectivity index (χ4n) is 2.35. The minimum Gasteiger partial charge on any atom is -0.317 e. The number of rotatable bonds is 6. The summed E-state index contributed by atoms with van der Waals surface area (Å²) < 4.78 is 1.91. The zero-order chi connectivity index (χ0) is 11.9. The fraction of sp³-hybridized carbons (Fsp3) is 0.833. The second-order valence-corrected chi connectivity index (χ2v) is 4.75. The summed E-state index contributed by atoms with van der Waals surface area (Å²) in [6.45, 7) is 8.96. The van der Waals surface area contributed by atoms with E-state index in [0.29, 0.717) is 0 Å². The van der Waals surface area contributed by atoms with Crippen LogP contribution in [0.1, 0.15) is 19.8 Å². The Morgan fingerprint density at radius 1 is 1.21 bits per heavy atom. The Balaban J connectivity index is 0.00000162. The van der Waals surface area contributed by atoms with Crippen LogP contribution >= 0.6 is 24.8 Å². The number of nitrogens with zero attached hydrogens (tertiary/aromatic N) is 4. The van der Waals surface area contributed by atoms with Gasteiger partial charge in [0.25, 0.3) is 0 Å². The molecule has 1 aliphatic rings. The highest BCUT2D eigenvalue weighted by Crippen LogP contribution is 2.15. The second kappa shape index (κ2) is 10.4. The van der Waals surface area contributed by atoms with E-state index in [9.17, 15) is 0 Å². The maximum atomic E-state index is 4.12. The van der Waals surface area contributed by atoms with E-state index in [4.69, 9.17) is 0 Å². The highest BCUT2D eigenvalue weighted by atomic mass is 35.5. The van der Waals surface area contributed by atoms with Crippen LogP contribution in [0.15, 0.2) is 12.7 Å². The Morgan fingerprint density at radius 2 is 1.95 bits per heavy atom. The third-order valence-corrected chi connectivity index (χ3v) is 3.50. The van der Waals surface area contributed by atoms with E-state index in [0.717, 1.165) is 25.6 Å². The molecule has 1 N–H and O–H groups in total. The third kappa shape index (κ3) is 6.56. The molecule has 0 unspecified atom stereocenters. The molecule has 0 bridgehead atoms. The zero-order valence-corrected chi connectivity index (χ0v) is 13.1. The molecule has 5 nitrogen and oxygen atoms in total. The normalized spacial score (nSPS) is 16.7. The second-order valence-electron chi connectivity index (χ2n) is 4.75. The van der Waals surface area contributed by atoms with Crippen LogP contribution < -0.4 is 5.32 Å². The average Bonchev–Trinajstić information content (AvgIpc) is 2.88. The summed E-state index contributed by atoms with van der Waals surface area (Å²) in [7, 11) is 0. The van der Waals surface area contributed by atoms with Crippen molar-refractivity contribution >= 4 is 24.8 Å². The first-order chi connectivity index (χ1) is 8.38. The lowest BCUT2D eigenvalue weighted by Crippen LogP contribution is -2.38. The minimum atomic E-state index is 0. The summed E-state index contributed by atoms with van der Waals surface area (Å²) in [6.07, 6.45) is 6.04. The molecule has 0 amide bonds. The van der Waals surface area contributed by atoms with Crippen LogP contribution in [0.25, 0.3) is 0 Å². The Morgan fingerprint density at radius 3 is 2.53 bits per heavy atom.